The van der Waals surface area contributed by atoms with Gasteiger partial charge in [-0.15, -0.1) is 0 Å². The molecule has 3 heteroatoms. The third-order valence-electron chi connectivity index (χ3n) is 4.01. The molecule has 96 valence electrons. The first kappa shape index (κ1) is 13.9. The first-order valence-electron chi connectivity index (χ1n) is 6.82. The third-order valence-corrected chi connectivity index (χ3v) is 4.01. The van der Waals surface area contributed by atoms with Crippen LogP contribution in [0.25, 0.3) is 0 Å². The second-order valence-corrected chi connectivity index (χ2v) is 5.21. The highest BCUT2D eigenvalue weighted by Crippen LogP contribution is 2.35. The molecule has 3 nitrogen and oxygen atoms in total. The summed E-state index contributed by atoms with van der Waals surface area (Å²) in [6.07, 6.45) is 8.29. The Morgan fingerprint density at radius 2 is 2.19 bits per heavy atom. The van der Waals surface area contributed by atoms with E-state index >= 15 is 0 Å². The lowest BCUT2D eigenvalue weighted by Gasteiger charge is -2.29. The standard InChI is InChI=1S/C13H28N2O/c1-2-12-6-7-13(10-12,11-14)15-8-4-3-5-9-16/h12,15-16H,2-11,14H2,1H3. The molecule has 0 aromatic carbocycles. The molecule has 2 unspecified atom stereocenters. The molecule has 1 saturated carbocycles. The Morgan fingerprint density at radius 3 is 2.75 bits per heavy atom. The maximum atomic E-state index is 8.70. The number of unbranched alkanes of at least 4 members (excludes halogenated alkanes) is 2. The number of nitrogens with two attached hydrogens (primary N) is 1. The molecule has 0 aromatic rings. The monoisotopic (exact) mass is 228 g/mol. The first-order chi connectivity index (χ1) is 7.76. The molecule has 0 spiro atoms. The quantitative estimate of drug-likeness (QED) is 0.554. The van der Waals surface area contributed by atoms with Gasteiger partial charge in [0.05, 0.1) is 0 Å². The predicted molar refractivity (Wildman–Crippen MR) is 68.4 cm³/mol. The van der Waals surface area contributed by atoms with Crippen molar-refractivity contribution in [2.45, 2.75) is 57.4 Å². The molecule has 0 radical (unpaired) electrons. The van der Waals surface area contributed by atoms with Crippen LogP contribution in [0.4, 0.5) is 0 Å². The van der Waals surface area contributed by atoms with Crippen LogP contribution in [-0.4, -0.2) is 30.3 Å². The van der Waals surface area contributed by atoms with E-state index in [1.54, 1.807) is 0 Å². The molecule has 16 heavy (non-hydrogen) atoms. The topological polar surface area (TPSA) is 58.3 Å². The zero-order chi connectivity index (χ0) is 11.9. The summed E-state index contributed by atoms with van der Waals surface area (Å²) >= 11 is 0. The minimum Gasteiger partial charge on any atom is -0.396 e. The number of aliphatic hydroxyl groups is 1. The van der Waals surface area contributed by atoms with Crippen LogP contribution < -0.4 is 11.1 Å². The van der Waals surface area contributed by atoms with Crippen molar-refractivity contribution in [3.8, 4) is 0 Å². The van der Waals surface area contributed by atoms with E-state index < -0.39 is 0 Å². The lowest BCUT2D eigenvalue weighted by atomic mass is 9.95. The molecule has 1 aliphatic carbocycles. The molecule has 0 aromatic heterocycles. The Labute approximate surface area is 99.8 Å². The van der Waals surface area contributed by atoms with Gasteiger partial charge in [0, 0.05) is 18.7 Å². The Kier molecular flexibility index (Phi) is 6.32. The number of nitrogens with one attached hydrogen (secondary N) is 1. The SMILES string of the molecule is CCC1CCC(CN)(NCCCCCO)C1. The van der Waals surface area contributed by atoms with Crippen LogP contribution in [0, 0.1) is 5.92 Å². The molecule has 0 saturated heterocycles. The zero-order valence-electron chi connectivity index (χ0n) is 10.7. The van der Waals surface area contributed by atoms with Crippen LogP contribution >= 0.6 is 0 Å². The van der Waals surface area contributed by atoms with E-state index in [1.165, 1.54) is 25.7 Å². The van der Waals surface area contributed by atoms with Gasteiger partial charge in [-0.3, -0.25) is 0 Å². The molecule has 2 atom stereocenters. The van der Waals surface area contributed by atoms with E-state index in [9.17, 15) is 0 Å². The largest absolute Gasteiger partial charge is 0.396 e. The van der Waals surface area contributed by atoms with Gasteiger partial charge in [0.2, 0.25) is 0 Å². The van der Waals surface area contributed by atoms with Crippen LogP contribution in [0.3, 0.4) is 0 Å². The summed E-state index contributed by atoms with van der Waals surface area (Å²) in [4.78, 5) is 0. The van der Waals surface area contributed by atoms with E-state index in [-0.39, 0.29) is 5.54 Å². The van der Waals surface area contributed by atoms with Gasteiger partial charge in [-0.1, -0.05) is 13.3 Å². The molecule has 0 amide bonds. The number of aliphatic hydroxyl groups excluding tert-OH is 1. The van der Waals surface area contributed by atoms with Crippen molar-refractivity contribution >= 4 is 0 Å². The molecule has 4 N–H and O–H groups in total. The highest BCUT2D eigenvalue weighted by Gasteiger charge is 2.36. The van der Waals surface area contributed by atoms with Crippen LogP contribution in [0.1, 0.15) is 51.9 Å². The highest BCUT2D eigenvalue weighted by molar-refractivity contribution is 4.96. The average Bonchev–Trinajstić information content (AvgIpc) is 2.73. The number of rotatable bonds is 8. The Balaban J connectivity index is 2.21. The van der Waals surface area contributed by atoms with E-state index in [1.807, 2.05) is 0 Å². The first-order valence-corrected chi connectivity index (χ1v) is 6.82. The van der Waals surface area contributed by atoms with Gasteiger partial charge in [-0.2, -0.15) is 0 Å². The molecule has 1 fully saturated rings. The van der Waals surface area contributed by atoms with Crippen molar-refractivity contribution in [2.75, 3.05) is 19.7 Å². The van der Waals surface area contributed by atoms with E-state index in [0.29, 0.717) is 6.61 Å². The number of hydrogen-bond donors (Lipinski definition) is 3. The van der Waals surface area contributed by atoms with Crippen LogP contribution in [0.5, 0.6) is 0 Å². The summed E-state index contributed by atoms with van der Waals surface area (Å²) in [7, 11) is 0. The fourth-order valence-corrected chi connectivity index (χ4v) is 2.77. The van der Waals surface area contributed by atoms with Crippen molar-refractivity contribution in [3.63, 3.8) is 0 Å². The third kappa shape index (κ3) is 4.04. The fourth-order valence-electron chi connectivity index (χ4n) is 2.77. The lowest BCUT2D eigenvalue weighted by molar-refractivity contribution is 0.278. The smallest absolute Gasteiger partial charge is 0.0431 e. The molecule has 0 aliphatic heterocycles. The van der Waals surface area contributed by atoms with E-state index in [2.05, 4.69) is 12.2 Å². The van der Waals surface area contributed by atoms with Gasteiger partial charge < -0.3 is 16.2 Å². The fraction of sp³-hybridized carbons (Fsp3) is 1.00. The van der Waals surface area contributed by atoms with Gasteiger partial charge in [-0.05, 0) is 51.0 Å². The van der Waals surface area contributed by atoms with Crippen LogP contribution in [-0.2, 0) is 0 Å². The normalized spacial score (nSPS) is 29.8. The highest BCUT2D eigenvalue weighted by atomic mass is 16.2. The molecular formula is C13H28N2O. The van der Waals surface area contributed by atoms with Gasteiger partial charge >= 0.3 is 0 Å². The summed E-state index contributed by atoms with van der Waals surface area (Å²) < 4.78 is 0. The number of hydrogen-bond acceptors (Lipinski definition) is 3. The Bertz CT molecular complexity index is 187. The van der Waals surface area contributed by atoms with Crippen LogP contribution in [0.2, 0.25) is 0 Å². The van der Waals surface area contributed by atoms with Crippen LogP contribution in [0.15, 0.2) is 0 Å². The average molecular weight is 228 g/mol. The summed E-state index contributed by atoms with van der Waals surface area (Å²) in [5.74, 6) is 0.869. The van der Waals surface area contributed by atoms with Crippen molar-refractivity contribution in [3.05, 3.63) is 0 Å². The maximum Gasteiger partial charge on any atom is 0.0431 e. The van der Waals surface area contributed by atoms with E-state index in [4.69, 9.17) is 10.8 Å². The second kappa shape index (κ2) is 7.25. The Hall–Kier alpha value is -0.120. The summed E-state index contributed by atoms with van der Waals surface area (Å²) in [6.45, 7) is 4.41. The Morgan fingerprint density at radius 1 is 1.38 bits per heavy atom. The zero-order valence-corrected chi connectivity index (χ0v) is 10.7. The summed E-state index contributed by atoms with van der Waals surface area (Å²) in [6, 6.07) is 0. The lowest BCUT2D eigenvalue weighted by Crippen LogP contribution is -2.49. The summed E-state index contributed by atoms with van der Waals surface area (Å²) in [5, 5.41) is 12.4. The van der Waals surface area contributed by atoms with Crippen molar-refractivity contribution < 1.29 is 5.11 Å². The van der Waals surface area contributed by atoms with Gasteiger partial charge in [0.25, 0.3) is 0 Å². The van der Waals surface area contributed by atoms with Crippen molar-refractivity contribution in [1.29, 1.82) is 0 Å². The van der Waals surface area contributed by atoms with Gasteiger partial charge in [0.15, 0.2) is 0 Å². The molecule has 0 heterocycles. The predicted octanol–water partition coefficient (Wildman–Crippen LogP) is 1.65. The minimum atomic E-state index is 0.222. The minimum absolute atomic E-state index is 0.222. The van der Waals surface area contributed by atoms with Crippen molar-refractivity contribution in [2.24, 2.45) is 11.7 Å². The molecule has 1 rings (SSSR count). The summed E-state index contributed by atoms with van der Waals surface area (Å²) in [5.41, 5.74) is 6.15. The van der Waals surface area contributed by atoms with E-state index in [0.717, 1.165) is 38.3 Å². The van der Waals surface area contributed by atoms with Gasteiger partial charge in [0.1, 0.15) is 0 Å². The molecule has 0 bridgehead atoms. The molecule has 1 aliphatic rings. The maximum absolute atomic E-state index is 8.70. The van der Waals surface area contributed by atoms with Gasteiger partial charge in [-0.25, -0.2) is 0 Å². The second-order valence-electron chi connectivity index (χ2n) is 5.21. The van der Waals surface area contributed by atoms with Crippen molar-refractivity contribution in [1.82, 2.24) is 5.32 Å². The molecular weight excluding hydrogens is 200 g/mol.